The number of hydrogen-bond donors (Lipinski definition) is 1. The molecular formula is C14H20BF3NSi-. The normalized spacial score (nSPS) is 12.1. The van der Waals surface area contributed by atoms with E-state index in [0.29, 0.717) is 11.1 Å². The van der Waals surface area contributed by atoms with Gasteiger partial charge in [-0.3, -0.25) is 0 Å². The van der Waals surface area contributed by atoms with Gasteiger partial charge in [0.05, 0.1) is 0 Å². The SMILES string of the molecule is Cc1c(C#C[Si](C)(C)C)cc(CN)c(C)c1[B-](F)(F)F. The Kier molecular flexibility index (Phi) is 4.78. The van der Waals surface area contributed by atoms with Crippen LogP contribution < -0.4 is 11.2 Å². The quantitative estimate of drug-likeness (QED) is 0.659. The fourth-order valence-corrected chi connectivity index (χ4v) is 2.59. The maximum Gasteiger partial charge on any atom is 0.510 e. The molecule has 0 heterocycles. The number of nitrogens with two attached hydrogens (primary N) is 1. The molecule has 6 heteroatoms. The van der Waals surface area contributed by atoms with E-state index in [2.05, 4.69) is 31.1 Å². The Bertz CT molecular complexity index is 577. The molecule has 0 amide bonds. The number of rotatable bonds is 2. The Balaban J connectivity index is 3.59. The van der Waals surface area contributed by atoms with Gasteiger partial charge in [-0.2, -0.15) is 0 Å². The summed E-state index contributed by atoms with van der Waals surface area (Å²) in [6.07, 6.45) is 0. The van der Waals surface area contributed by atoms with Crippen LogP contribution in [0.5, 0.6) is 0 Å². The van der Waals surface area contributed by atoms with E-state index in [1.54, 1.807) is 6.07 Å². The van der Waals surface area contributed by atoms with Gasteiger partial charge in [0.2, 0.25) is 0 Å². The summed E-state index contributed by atoms with van der Waals surface area (Å²) in [5, 5.41) is 0. The van der Waals surface area contributed by atoms with Crippen molar-refractivity contribution in [1.29, 1.82) is 0 Å². The smallest absolute Gasteiger partial charge is 0.445 e. The predicted octanol–water partition coefficient (Wildman–Crippen LogP) is 3.05. The zero-order valence-corrected chi connectivity index (χ0v) is 13.6. The monoisotopic (exact) mass is 298 g/mol. The first-order chi connectivity index (χ1) is 8.97. The minimum absolute atomic E-state index is 0.0902. The van der Waals surface area contributed by atoms with Crippen LogP contribution in [0.4, 0.5) is 12.9 Å². The van der Waals surface area contributed by atoms with Gasteiger partial charge < -0.3 is 18.7 Å². The summed E-state index contributed by atoms with van der Waals surface area (Å²) in [6.45, 7) is 4.18. The van der Waals surface area contributed by atoms with Crippen LogP contribution in [0, 0.1) is 25.3 Å². The van der Waals surface area contributed by atoms with Crippen LogP contribution in [0.3, 0.4) is 0 Å². The molecule has 0 saturated carbocycles. The van der Waals surface area contributed by atoms with Crippen LogP contribution in [0.2, 0.25) is 19.6 Å². The van der Waals surface area contributed by atoms with Crippen LogP contribution in [0.1, 0.15) is 22.3 Å². The van der Waals surface area contributed by atoms with E-state index in [1.165, 1.54) is 13.8 Å². The molecule has 0 unspecified atom stereocenters. The van der Waals surface area contributed by atoms with Crippen molar-refractivity contribution in [3.63, 3.8) is 0 Å². The molecule has 20 heavy (non-hydrogen) atoms. The van der Waals surface area contributed by atoms with Gasteiger partial charge in [0.15, 0.2) is 0 Å². The van der Waals surface area contributed by atoms with E-state index in [9.17, 15) is 12.9 Å². The highest BCUT2D eigenvalue weighted by Crippen LogP contribution is 2.21. The van der Waals surface area contributed by atoms with Gasteiger partial charge in [-0.15, -0.1) is 11.0 Å². The van der Waals surface area contributed by atoms with Crippen molar-refractivity contribution >= 4 is 20.5 Å². The van der Waals surface area contributed by atoms with E-state index in [0.717, 1.165) is 0 Å². The maximum absolute atomic E-state index is 13.3. The zero-order chi connectivity index (χ0) is 15.7. The van der Waals surface area contributed by atoms with Crippen LogP contribution in [0.25, 0.3) is 0 Å². The summed E-state index contributed by atoms with van der Waals surface area (Å²) >= 11 is 0. The first-order valence-electron chi connectivity index (χ1n) is 6.53. The van der Waals surface area contributed by atoms with Gasteiger partial charge in [0, 0.05) is 12.1 Å². The van der Waals surface area contributed by atoms with Crippen LogP contribution >= 0.6 is 0 Å². The topological polar surface area (TPSA) is 26.0 Å². The van der Waals surface area contributed by atoms with Gasteiger partial charge in [-0.25, -0.2) is 0 Å². The minimum atomic E-state index is -5.06. The molecule has 1 aromatic carbocycles. The number of hydrogen-bond acceptors (Lipinski definition) is 1. The van der Waals surface area contributed by atoms with Crippen molar-refractivity contribution in [3.8, 4) is 11.5 Å². The van der Waals surface area contributed by atoms with Gasteiger partial charge in [0.1, 0.15) is 8.07 Å². The second-order valence-electron chi connectivity index (χ2n) is 6.03. The third kappa shape index (κ3) is 3.90. The van der Waals surface area contributed by atoms with E-state index in [4.69, 9.17) is 5.73 Å². The lowest BCUT2D eigenvalue weighted by Crippen LogP contribution is -2.39. The average molecular weight is 298 g/mol. The highest BCUT2D eigenvalue weighted by atomic mass is 28.3. The zero-order valence-electron chi connectivity index (χ0n) is 12.6. The lowest BCUT2D eigenvalue weighted by Gasteiger charge is -2.24. The Morgan fingerprint density at radius 2 is 1.70 bits per heavy atom. The van der Waals surface area contributed by atoms with Crippen LogP contribution in [0.15, 0.2) is 6.07 Å². The molecule has 0 aliphatic carbocycles. The molecule has 1 nitrogen and oxygen atoms in total. The van der Waals surface area contributed by atoms with E-state index < -0.39 is 20.5 Å². The van der Waals surface area contributed by atoms with Gasteiger partial charge in [-0.1, -0.05) is 36.7 Å². The Labute approximate surface area is 119 Å². The molecule has 0 bridgehead atoms. The van der Waals surface area contributed by atoms with Crippen molar-refractivity contribution in [2.45, 2.75) is 40.0 Å². The van der Waals surface area contributed by atoms with Crippen molar-refractivity contribution in [1.82, 2.24) is 0 Å². The van der Waals surface area contributed by atoms with Crippen molar-refractivity contribution in [2.75, 3.05) is 0 Å². The van der Waals surface area contributed by atoms with E-state index in [1.807, 2.05) is 0 Å². The van der Waals surface area contributed by atoms with Crippen molar-refractivity contribution in [3.05, 3.63) is 28.3 Å². The number of halogens is 3. The molecule has 0 spiro atoms. The first-order valence-corrected chi connectivity index (χ1v) is 10.0. The summed E-state index contributed by atoms with van der Waals surface area (Å²) in [5.41, 5.74) is 9.57. The number of benzene rings is 1. The Hall–Kier alpha value is -1.19. The molecule has 0 aliphatic rings. The third-order valence-corrected chi connectivity index (χ3v) is 4.01. The first kappa shape index (κ1) is 16.9. The highest BCUT2D eigenvalue weighted by molar-refractivity contribution is 6.83. The molecule has 110 valence electrons. The summed E-state index contributed by atoms with van der Waals surface area (Å²) in [4.78, 5) is 0. The molecule has 0 aliphatic heterocycles. The Morgan fingerprint density at radius 1 is 1.15 bits per heavy atom. The molecular weight excluding hydrogens is 278 g/mol. The molecule has 1 aromatic rings. The van der Waals surface area contributed by atoms with Crippen LogP contribution in [-0.4, -0.2) is 15.1 Å². The van der Waals surface area contributed by atoms with E-state index in [-0.39, 0.29) is 17.7 Å². The third-order valence-electron chi connectivity index (χ3n) is 3.13. The van der Waals surface area contributed by atoms with Crippen molar-refractivity contribution in [2.24, 2.45) is 5.73 Å². The summed E-state index contributed by atoms with van der Waals surface area (Å²) < 4.78 is 39.8. The standard InChI is InChI=1S/C14H20BF3NSi/c1-10-12(6-7-20(3,4)5)8-13(9-19)11(2)14(10)15(16,17)18/h8H,9,19H2,1-5H3/q-1. The molecule has 0 fully saturated rings. The van der Waals surface area contributed by atoms with Gasteiger partial charge >= 0.3 is 6.98 Å². The summed E-state index contributed by atoms with van der Waals surface area (Å²) in [6, 6.07) is 1.70. The highest BCUT2D eigenvalue weighted by Gasteiger charge is 2.30. The summed E-state index contributed by atoms with van der Waals surface area (Å²) in [7, 11) is -1.64. The Morgan fingerprint density at radius 3 is 2.10 bits per heavy atom. The minimum Gasteiger partial charge on any atom is -0.445 e. The lowest BCUT2D eigenvalue weighted by molar-refractivity contribution is 0.500. The largest absolute Gasteiger partial charge is 0.510 e. The fraction of sp³-hybridized carbons (Fsp3) is 0.429. The molecule has 1 rings (SSSR count). The maximum atomic E-state index is 13.3. The fourth-order valence-electron chi connectivity index (χ4n) is 2.08. The van der Waals surface area contributed by atoms with E-state index >= 15 is 0 Å². The second-order valence-corrected chi connectivity index (χ2v) is 10.8. The lowest BCUT2D eigenvalue weighted by atomic mass is 9.72. The molecule has 0 aromatic heterocycles. The van der Waals surface area contributed by atoms with Gasteiger partial charge in [-0.05, 0) is 25.5 Å². The molecule has 2 N–H and O–H groups in total. The summed E-state index contributed by atoms with van der Waals surface area (Å²) in [5.74, 6) is 2.93. The molecule has 0 saturated heterocycles. The molecule has 0 atom stereocenters. The predicted molar refractivity (Wildman–Crippen MR) is 82.7 cm³/mol. The second kappa shape index (κ2) is 5.66. The van der Waals surface area contributed by atoms with Crippen LogP contribution in [-0.2, 0) is 6.54 Å². The average Bonchev–Trinajstić information content (AvgIpc) is 2.25. The molecule has 0 radical (unpaired) electrons. The van der Waals surface area contributed by atoms with Gasteiger partial charge in [0.25, 0.3) is 0 Å². The van der Waals surface area contributed by atoms with Crippen molar-refractivity contribution < 1.29 is 12.9 Å².